The van der Waals surface area contributed by atoms with Gasteiger partial charge in [0.25, 0.3) is 0 Å². The molecule has 0 aliphatic rings. The van der Waals surface area contributed by atoms with Gasteiger partial charge in [-0.1, -0.05) is 0 Å². The normalized spacial score (nSPS) is 12.8. The predicted octanol–water partition coefficient (Wildman–Crippen LogP) is 0.997. The summed E-state index contributed by atoms with van der Waals surface area (Å²) in [4.78, 5) is 10.3. The number of carboxylic acid groups (broad SMARTS) is 1. The van der Waals surface area contributed by atoms with Gasteiger partial charge in [-0.15, -0.1) is 0 Å². The van der Waals surface area contributed by atoms with E-state index in [1.807, 2.05) is 0 Å². The number of aliphatic carboxylic acids is 1. The maximum atomic E-state index is 10.3. The minimum atomic E-state index is -1.01. The monoisotopic (exact) mass is 233 g/mol. The molecule has 0 amide bonds. The Morgan fingerprint density at radius 3 is 2.92 bits per heavy atom. The molecule has 4 nitrogen and oxygen atoms in total. The molecule has 0 aliphatic carbocycles. The van der Waals surface area contributed by atoms with Gasteiger partial charge in [0.15, 0.2) is 4.67 Å². The molecule has 66 valence electrons. The molecule has 1 aromatic rings. The largest absolute Gasteiger partial charge is 0.480 e. The van der Waals surface area contributed by atoms with Crippen LogP contribution in [0.25, 0.3) is 0 Å². The van der Waals surface area contributed by atoms with Crippen molar-refractivity contribution < 1.29 is 14.3 Å². The van der Waals surface area contributed by atoms with Crippen molar-refractivity contribution in [1.29, 1.82) is 0 Å². The summed E-state index contributed by atoms with van der Waals surface area (Å²) in [6.45, 7) is 0. The molecule has 0 unspecified atom stereocenters. The van der Waals surface area contributed by atoms with Gasteiger partial charge in [-0.2, -0.15) is 0 Å². The zero-order chi connectivity index (χ0) is 9.14. The van der Waals surface area contributed by atoms with E-state index >= 15 is 0 Å². The predicted molar refractivity (Wildman–Crippen MR) is 45.7 cm³/mol. The van der Waals surface area contributed by atoms with E-state index in [1.54, 1.807) is 6.07 Å². The first-order chi connectivity index (χ1) is 5.59. The first-order valence-electron chi connectivity index (χ1n) is 3.31. The summed E-state index contributed by atoms with van der Waals surface area (Å²) < 4.78 is 5.49. The third-order valence-electron chi connectivity index (χ3n) is 1.39. The van der Waals surface area contributed by atoms with Gasteiger partial charge in [0, 0.05) is 6.42 Å². The van der Waals surface area contributed by atoms with Gasteiger partial charge in [0.2, 0.25) is 0 Å². The average Bonchev–Trinajstić information content (AvgIpc) is 2.35. The van der Waals surface area contributed by atoms with E-state index < -0.39 is 12.0 Å². The van der Waals surface area contributed by atoms with Gasteiger partial charge >= 0.3 is 5.97 Å². The van der Waals surface area contributed by atoms with Crippen molar-refractivity contribution >= 4 is 21.9 Å². The van der Waals surface area contributed by atoms with Crippen molar-refractivity contribution in [1.82, 2.24) is 0 Å². The van der Waals surface area contributed by atoms with Gasteiger partial charge in [-0.3, -0.25) is 4.79 Å². The smallest absolute Gasteiger partial charge is 0.320 e. The highest BCUT2D eigenvalue weighted by Gasteiger charge is 2.13. The van der Waals surface area contributed by atoms with Crippen LogP contribution in [-0.4, -0.2) is 17.1 Å². The number of nitrogens with two attached hydrogens (primary N) is 1. The van der Waals surface area contributed by atoms with Crippen LogP contribution < -0.4 is 5.73 Å². The Kier molecular flexibility index (Phi) is 2.88. The molecule has 0 fully saturated rings. The van der Waals surface area contributed by atoms with Gasteiger partial charge in [-0.05, 0) is 27.6 Å². The van der Waals surface area contributed by atoms with Crippen molar-refractivity contribution in [2.45, 2.75) is 12.5 Å². The van der Waals surface area contributed by atoms with Crippen LogP contribution >= 0.6 is 15.9 Å². The summed E-state index contributed by atoms with van der Waals surface area (Å²) in [6, 6.07) is 0.831. The minimum absolute atomic E-state index is 0.282. The van der Waals surface area contributed by atoms with E-state index in [9.17, 15) is 4.79 Å². The molecule has 1 atom stereocenters. The molecule has 0 aliphatic heterocycles. The second-order valence-corrected chi connectivity index (χ2v) is 3.19. The molecule has 1 aromatic heterocycles. The summed E-state index contributed by atoms with van der Waals surface area (Å²) in [5.74, 6) is -1.01. The maximum Gasteiger partial charge on any atom is 0.320 e. The zero-order valence-electron chi connectivity index (χ0n) is 6.16. The SMILES string of the molecule is N[C@H](Cc1coc(Br)c1)C(=O)O. The first kappa shape index (κ1) is 9.28. The fourth-order valence-corrected chi connectivity index (χ4v) is 1.18. The maximum absolute atomic E-state index is 10.3. The van der Waals surface area contributed by atoms with Crippen LogP contribution in [0.4, 0.5) is 0 Å². The van der Waals surface area contributed by atoms with E-state index in [4.69, 9.17) is 15.3 Å². The van der Waals surface area contributed by atoms with Gasteiger partial charge in [-0.25, -0.2) is 0 Å². The van der Waals surface area contributed by atoms with Crippen LogP contribution in [0.15, 0.2) is 21.4 Å². The van der Waals surface area contributed by atoms with Crippen LogP contribution in [0, 0.1) is 0 Å². The molecule has 0 spiro atoms. The lowest BCUT2D eigenvalue weighted by Gasteiger charge is -2.01. The van der Waals surface area contributed by atoms with Gasteiger partial charge < -0.3 is 15.3 Å². The standard InChI is InChI=1S/C7H8BrNO3/c8-6-2-4(3-12-6)1-5(9)7(10)11/h2-3,5H,1,9H2,(H,10,11)/t5-/m1/s1. The molecule has 1 rings (SSSR count). The van der Waals surface area contributed by atoms with Crippen molar-refractivity contribution in [2.24, 2.45) is 5.73 Å². The lowest BCUT2D eigenvalue weighted by Crippen LogP contribution is -2.32. The summed E-state index contributed by atoms with van der Waals surface area (Å²) >= 11 is 3.10. The molecule has 12 heavy (non-hydrogen) atoms. The van der Waals surface area contributed by atoms with Crippen LogP contribution in [0.2, 0.25) is 0 Å². The van der Waals surface area contributed by atoms with E-state index in [-0.39, 0.29) is 6.42 Å². The quantitative estimate of drug-likeness (QED) is 0.817. The molecule has 0 bridgehead atoms. The van der Waals surface area contributed by atoms with E-state index in [1.165, 1.54) is 6.26 Å². The minimum Gasteiger partial charge on any atom is -0.480 e. The highest BCUT2D eigenvalue weighted by molar-refractivity contribution is 9.10. The molecule has 5 heteroatoms. The number of carbonyl (C=O) groups is 1. The number of rotatable bonds is 3. The number of carboxylic acids is 1. The highest BCUT2D eigenvalue weighted by atomic mass is 79.9. The van der Waals surface area contributed by atoms with Crippen molar-refractivity contribution in [2.75, 3.05) is 0 Å². The fraction of sp³-hybridized carbons (Fsp3) is 0.286. The van der Waals surface area contributed by atoms with E-state index in [2.05, 4.69) is 15.9 Å². The zero-order valence-corrected chi connectivity index (χ0v) is 7.74. The van der Waals surface area contributed by atoms with E-state index in [0.29, 0.717) is 4.67 Å². The van der Waals surface area contributed by atoms with Crippen LogP contribution in [0.5, 0.6) is 0 Å². The Morgan fingerprint density at radius 1 is 1.83 bits per heavy atom. The second-order valence-electron chi connectivity index (χ2n) is 2.41. The Labute approximate surface area is 77.5 Å². The summed E-state index contributed by atoms with van der Waals surface area (Å²) in [5, 5.41) is 8.48. The molecular weight excluding hydrogens is 226 g/mol. The van der Waals surface area contributed by atoms with Gasteiger partial charge in [0.05, 0.1) is 6.26 Å². The Balaban J connectivity index is 2.58. The Bertz CT molecular complexity index is 284. The van der Waals surface area contributed by atoms with Crippen molar-refractivity contribution in [3.05, 3.63) is 22.6 Å². The lowest BCUT2D eigenvalue weighted by molar-refractivity contribution is -0.138. The van der Waals surface area contributed by atoms with Crippen molar-refractivity contribution in [3.63, 3.8) is 0 Å². The van der Waals surface area contributed by atoms with Crippen LogP contribution in [-0.2, 0) is 11.2 Å². The first-order valence-corrected chi connectivity index (χ1v) is 4.10. The van der Waals surface area contributed by atoms with Crippen LogP contribution in [0.3, 0.4) is 0 Å². The number of furan rings is 1. The Morgan fingerprint density at radius 2 is 2.50 bits per heavy atom. The van der Waals surface area contributed by atoms with Crippen LogP contribution in [0.1, 0.15) is 5.56 Å². The summed E-state index contributed by atoms with van der Waals surface area (Å²) in [7, 11) is 0. The third kappa shape index (κ3) is 2.35. The van der Waals surface area contributed by atoms with Crippen molar-refractivity contribution in [3.8, 4) is 0 Å². The number of hydrogen-bond donors (Lipinski definition) is 2. The lowest BCUT2D eigenvalue weighted by atomic mass is 10.1. The Hall–Kier alpha value is -0.810. The molecule has 0 radical (unpaired) electrons. The second kappa shape index (κ2) is 3.73. The molecular formula is C7H8BrNO3. The average molecular weight is 234 g/mol. The molecule has 0 aromatic carbocycles. The fourth-order valence-electron chi connectivity index (χ4n) is 0.794. The third-order valence-corrected chi connectivity index (χ3v) is 1.81. The van der Waals surface area contributed by atoms with E-state index in [0.717, 1.165) is 5.56 Å². The molecule has 0 saturated carbocycles. The molecule has 1 heterocycles. The number of hydrogen-bond acceptors (Lipinski definition) is 3. The molecule has 0 saturated heterocycles. The highest BCUT2D eigenvalue weighted by Crippen LogP contribution is 2.14. The summed E-state index contributed by atoms with van der Waals surface area (Å²) in [5.41, 5.74) is 6.08. The molecule has 3 N–H and O–H groups in total. The number of halogens is 1. The summed E-state index contributed by atoms with van der Waals surface area (Å²) in [6.07, 6.45) is 1.76. The van der Waals surface area contributed by atoms with Gasteiger partial charge in [0.1, 0.15) is 6.04 Å². The topological polar surface area (TPSA) is 76.5 Å².